The van der Waals surface area contributed by atoms with Gasteiger partial charge in [0.1, 0.15) is 0 Å². The minimum absolute atomic E-state index is 0.0827. The maximum absolute atomic E-state index is 12.9. The number of thiophene rings is 1. The van der Waals surface area contributed by atoms with Gasteiger partial charge in [0, 0.05) is 24.5 Å². The maximum Gasteiger partial charge on any atom is 0.264 e. The maximum atomic E-state index is 12.9. The highest BCUT2D eigenvalue weighted by atomic mass is 32.1. The number of amides is 1. The molecule has 2 aliphatic rings. The van der Waals surface area contributed by atoms with E-state index in [4.69, 9.17) is 0 Å². The summed E-state index contributed by atoms with van der Waals surface area (Å²) in [5.74, 6) is 0.259. The summed E-state index contributed by atoms with van der Waals surface area (Å²) in [6.45, 7) is 6.95. The van der Waals surface area contributed by atoms with Crippen molar-refractivity contribution in [3.05, 3.63) is 21.4 Å². The van der Waals surface area contributed by atoms with E-state index in [1.54, 1.807) is 11.3 Å². The summed E-state index contributed by atoms with van der Waals surface area (Å²) in [7, 11) is 0. The van der Waals surface area contributed by atoms with E-state index in [1.807, 2.05) is 0 Å². The molecule has 0 bridgehead atoms. The minimum Gasteiger partial charge on any atom is -0.330 e. The van der Waals surface area contributed by atoms with E-state index in [1.165, 1.54) is 29.7 Å². The van der Waals surface area contributed by atoms with Crippen molar-refractivity contribution in [1.82, 2.24) is 10.2 Å². The zero-order valence-corrected chi connectivity index (χ0v) is 13.3. The van der Waals surface area contributed by atoms with Crippen LogP contribution >= 0.6 is 11.3 Å². The topological polar surface area (TPSA) is 32.3 Å². The third-order valence-corrected chi connectivity index (χ3v) is 6.09. The summed E-state index contributed by atoms with van der Waals surface area (Å²) in [6, 6.07) is 2.07. The van der Waals surface area contributed by atoms with Gasteiger partial charge in [0.15, 0.2) is 0 Å². The molecule has 1 saturated carbocycles. The average molecular weight is 292 g/mol. The number of rotatable bonds is 1. The first-order chi connectivity index (χ1) is 9.62. The molecule has 0 aromatic carbocycles. The molecule has 20 heavy (non-hydrogen) atoms. The zero-order chi connectivity index (χ0) is 14.2. The molecule has 3 nitrogen and oxygen atoms in total. The summed E-state index contributed by atoms with van der Waals surface area (Å²) in [5, 5.41) is 3.51. The van der Waals surface area contributed by atoms with Crippen LogP contribution in [0.1, 0.15) is 52.2 Å². The number of aryl methyl sites for hydroxylation is 2. The first kappa shape index (κ1) is 14.1. The third kappa shape index (κ3) is 2.40. The minimum atomic E-state index is 0.0827. The monoisotopic (exact) mass is 292 g/mol. The Morgan fingerprint density at radius 1 is 1.30 bits per heavy atom. The fraction of sp³-hybridized carbons (Fsp3) is 0.688. The zero-order valence-electron chi connectivity index (χ0n) is 12.5. The van der Waals surface area contributed by atoms with E-state index >= 15 is 0 Å². The molecule has 0 radical (unpaired) electrons. The molecule has 2 fully saturated rings. The fourth-order valence-electron chi connectivity index (χ4n) is 3.63. The molecule has 2 heterocycles. The molecule has 1 spiro atoms. The standard InChI is InChI=1S/C16H24N2OS/c1-12-10-14(20-13(12)2)15(19)18-9-8-17-11-16(18)6-4-3-5-7-16/h10,17H,3-9,11H2,1-2H3. The van der Waals surface area contributed by atoms with Crippen molar-refractivity contribution in [3.8, 4) is 0 Å². The van der Waals surface area contributed by atoms with Crippen molar-refractivity contribution in [2.75, 3.05) is 19.6 Å². The van der Waals surface area contributed by atoms with Gasteiger partial charge in [0.25, 0.3) is 5.91 Å². The number of hydrogen-bond donors (Lipinski definition) is 1. The van der Waals surface area contributed by atoms with Gasteiger partial charge in [0.05, 0.1) is 10.4 Å². The van der Waals surface area contributed by atoms with Crippen LogP contribution in [0.25, 0.3) is 0 Å². The molecule has 1 aliphatic heterocycles. The predicted molar refractivity (Wildman–Crippen MR) is 83.5 cm³/mol. The summed E-state index contributed by atoms with van der Waals surface area (Å²) in [6.07, 6.45) is 6.16. The highest BCUT2D eigenvalue weighted by Crippen LogP contribution is 2.36. The van der Waals surface area contributed by atoms with Crippen LogP contribution in [0.3, 0.4) is 0 Å². The lowest BCUT2D eigenvalue weighted by atomic mass is 9.79. The van der Waals surface area contributed by atoms with Crippen molar-refractivity contribution in [2.45, 2.75) is 51.5 Å². The number of hydrogen-bond acceptors (Lipinski definition) is 3. The molecule has 1 aliphatic carbocycles. The normalized spacial score (nSPS) is 22.2. The Kier molecular flexibility index (Phi) is 3.87. The van der Waals surface area contributed by atoms with E-state index < -0.39 is 0 Å². The number of carbonyl (C=O) groups is 1. The first-order valence-electron chi connectivity index (χ1n) is 7.72. The first-order valence-corrected chi connectivity index (χ1v) is 8.54. The smallest absolute Gasteiger partial charge is 0.264 e. The van der Waals surface area contributed by atoms with Gasteiger partial charge in [0.2, 0.25) is 0 Å². The van der Waals surface area contributed by atoms with Gasteiger partial charge < -0.3 is 10.2 Å². The number of nitrogens with zero attached hydrogens (tertiary/aromatic N) is 1. The second-order valence-electron chi connectivity index (χ2n) is 6.27. The lowest BCUT2D eigenvalue weighted by Crippen LogP contribution is -2.63. The molecule has 0 atom stereocenters. The van der Waals surface area contributed by atoms with Crippen molar-refractivity contribution in [1.29, 1.82) is 0 Å². The van der Waals surface area contributed by atoms with Crippen molar-refractivity contribution in [2.24, 2.45) is 0 Å². The largest absolute Gasteiger partial charge is 0.330 e. The van der Waals surface area contributed by atoms with E-state index in [-0.39, 0.29) is 11.4 Å². The SMILES string of the molecule is Cc1cc(C(=O)N2CCNCC23CCCCC3)sc1C. The second-order valence-corrected chi connectivity index (χ2v) is 7.52. The van der Waals surface area contributed by atoms with Gasteiger partial charge in [-0.15, -0.1) is 11.3 Å². The number of carbonyl (C=O) groups excluding carboxylic acids is 1. The Balaban J connectivity index is 1.87. The lowest BCUT2D eigenvalue weighted by molar-refractivity contribution is 0.0227. The molecule has 1 aromatic rings. The van der Waals surface area contributed by atoms with Crippen molar-refractivity contribution in [3.63, 3.8) is 0 Å². The van der Waals surface area contributed by atoms with Crippen LogP contribution < -0.4 is 5.32 Å². The summed E-state index contributed by atoms with van der Waals surface area (Å²) < 4.78 is 0. The van der Waals surface area contributed by atoms with Gasteiger partial charge in [-0.2, -0.15) is 0 Å². The van der Waals surface area contributed by atoms with Crippen molar-refractivity contribution < 1.29 is 4.79 Å². The molecular formula is C16H24N2OS. The van der Waals surface area contributed by atoms with E-state index in [0.717, 1.165) is 37.4 Å². The molecule has 110 valence electrons. The fourth-order valence-corrected chi connectivity index (χ4v) is 4.61. The van der Waals surface area contributed by atoms with Gasteiger partial charge in [-0.05, 0) is 38.3 Å². The van der Waals surface area contributed by atoms with Crippen LogP contribution in [-0.2, 0) is 0 Å². The van der Waals surface area contributed by atoms with Gasteiger partial charge >= 0.3 is 0 Å². The van der Waals surface area contributed by atoms with Crippen LogP contribution in [-0.4, -0.2) is 36.0 Å². The molecule has 4 heteroatoms. The highest BCUT2D eigenvalue weighted by molar-refractivity contribution is 7.14. The Morgan fingerprint density at radius 3 is 2.70 bits per heavy atom. The molecule has 1 aromatic heterocycles. The Hall–Kier alpha value is -0.870. The van der Waals surface area contributed by atoms with Gasteiger partial charge in [-0.3, -0.25) is 4.79 Å². The van der Waals surface area contributed by atoms with Crippen LogP contribution in [0, 0.1) is 13.8 Å². The number of nitrogens with one attached hydrogen (secondary N) is 1. The third-order valence-electron chi connectivity index (χ3n) is 4.95. The highest BCUT2D eigenvalue weighted by Gasteiger charge is 2.42. The lowest BCUT2D eigenvalue weighted by Gasteiger charge is -2.49. The van der Waals surface area contributed by atoms with Crippen molar-refractivity contribution >= 4 is 17.2 Å². The van der Waals surface area contributed by atoms with E-state index in [0.29, 0.717) is 0 Å². The Morgan fingerprint density at radius 2 is 2.05 bits per heavy atom. The van der Waals surface area contributed by atoms with Gasteiger partial charge in [-0.25, -0.2) is 0 Å². The second kappa shape index (κ2) is 5.49. The average Bonchev–Trinajstić information content (AvgIpc) is 2.79. The molecule has 0 unspecified atom stereocenters. The van der Waals surface area contributed by atoms with Crippen LogP contribution in [0.15, 0.2) is 6.07 Å². The quantitative estimate of drug-likeness (QED) is 0.862. The van der Waals surface area contributed by atoms with E-state index in [2.05, 4.69) is 30.1 Å². The van der Waals surface area contributed by atoms with Gasteiger partial charge in [-0.1, -0.05) is 19.3 Å². The molecular weight excluding hydrogens is 268 g/mol. The van der Waals surface area contributed by atoms with Crippen LogP contribution in [0.5, 0.6) is 0 Å². The Labute approximate surface area is 125 Å². The molecule has 3 rings (SSSR count). The summed E-state index contributed by atoms with van der Waals surface area (Å²) >= 11 is 1.65. The molecule has 1 N–H and O–H groups in total. The predicted octanol–water partition coefficient (Wildman–Crippen LogP) is 3.11. The van der Waals surface area contributed by atoms with Crippen LogP contribution in [0.4, 0.5) is 0 Å². The van der Waals surface area contributed by atoms with Crippen LogP contribution in [0.2, 0.25) is 0 Å². The van der Waals surface area contributed by atoms with E-state index in [9.17, 15) is 4.79 Å². The summed E-state index contributed by atoms with van der Waals surface area (Å²) in [4.78, 5) is 17.3. The number of piperazine rings is 1. The summed E-state index contributed by atoms with van der Waals surface area (Å²) in [5.41, 5.74) is 1.32. The Bertz CT molecular complexity index is 475. The molecule has 1 saturated heterocycles. The molecule has 1 amide bonds.